The lowest BCUT2D eigenvalue weighted by atomic mass is 9.66. The first-order valence-corrected chi connectivity index (χ1v) is 13.3. The van der Waals surface area contributed by atoms with Crippen molar-refractivity contribution in [2.45, 2.75) is 12.1 Å². The van der Waals surface area contributed by atoms with E-state index >= 15 is 0 Å². The first-order chi connectivity index (χ1) is 19.1. The number of amides is 2. The van der Waals surface area contributed by atoms with Crippen molar-refractivity contribution in [1.29, 1.82) is 5.26 Å². The zero-order chi connectivity index (χ0) is 28.6. The van der Waals surface area contributed by atoms with Gasteiger partial charge >= 0.3 is 6.03 Å². The van der Waals surface area contributed by atoms with Crippen LogP contribution in [0.3, 0.4) is 0 Å². The number of aliphatic hydroxyl groups is 1. The molecule has 208 valence electrons. The third-order valence-corrected chi connectivity index (χ3v) is 7.95. The summed E-state index contributed by atoms with van der Waals surface area (Å²) >= 11 is 0. The average Bonchev–Trinajstić information content (AvgIpc) is 2.88. The summed E-state index contributed by atoms with van der Waals surface area (Å²) in [6, 6.07) is 18.4. The van der Waals surface area contributed by atoms with Gasteiger partial charge in [0.25, 0.3) is 0 Å². The fraction of sp³-hybridized carbons (Fsp3) is 0.355. The van der Waals surface area contributed by atoms with Crippen molar-refractivity contribution in [2.75, 3.05) is 52.6 Å². The number of carbonyl (C=O) groups excluding carboxylic acids is 1. The molecule has 2 amide bonds. The van der Waals surface area contributed by atoms with E-state index in [1.165, 1.54) is 0 Å². The van der Waals surface area contributed by atoms with Gasteiger partial charge in [0.15, 0.2) is 0 Å². The van der Waals surface area contributed by atoms with E-state index in [0.29, 0.717) is 18.7 Å². The lowest BCUT2D eigenvalue weighted by Gasteiger charge is -2.55. The Hall–Kier alpha value is -3.84. The third-order valence-electron chi connectivity index (χ3n) is 7.95. The molecular formula is C31H33F2N5O2. The largest absolute Gasteiger partial charge is 0.384 e. The lowest BCUT2D eigenvalue weighted by molar-refractivity contribution is -0.153. The standard InChI is InChI=1S/C31H33F2N5O2/c1-36(2)15-20-4-9-29(22(10-20)14-34)21-5-7-23(8-6-21)31(40)24-16-37(3)17-25(31)19-38(18-24)30(39)35-28-12-26(32)11-27(33)13-28/h4-13,24-25,40H,15-19H2,1-3H3,(H,35,39). The number of nitrogens with zero attached hydrogens (tertiary/aromatic N) is 4. The smallest absolute Gasteiger partial charge is 0.321 e. The fourth-order valence-electron chi connectivity index (χ4n) is 6.22. The van der Waals surface area contributed by atoms with Gasteiger partial charge in [-0.2, -0.15) is 5.26 Å². The van der Waals surface area contributed by atoms with Gasteiger partial charge in [-0.25, -0.2) is 13.6 Å². The number of anilines is 1. The van der Waals surface area contributed by atoms with Crippen molar-refractivity contribution in [1.82, 2.24) is 14.7 Å². The first kappa shape index (κ1) is 27.7. The molecule has 0 spiro atoms. The van der Waals surface area contributed by atoms with Crippen LogP contribution < -0.4 is 5.32 Å². The Morgan fingerprint density at radius 2 is 1.65 bits per heavy atom. The van der Waals surface area contributed by atoms with Crippen LogP contribution in [0.15, 0.2) is 60.7 Å². The normalized spacial score (nSPS) is 22.7. The van der Waals surface area contributed by atoms with Crippen molar-refractivity contribution in [2.24, 2.45) is 11.8 Å². The van der Waals surface area contributed by atoms with E-state index in [1.54, 1.807) is 4.90 Å². The van der Waals surface area contributed by atoms with Crippen LogP contribution in [0, 0.1) is 34.8 Å². The number of hydrogen-bond donors (Lipinski definition) is 2. The molecular weight excluding hydrogens is 512 g/mol. The monoisotopic (exact) mass is 545 g/mol. The van der Waals surface area contributed by atoms with Crippen molar-refractivity contribution >= 4 is 11.7 Å². The Kier molecular flexibility index (Phi) is 7.60. The maximum Gasteiger partial charge on any atom is 0.321 e. The summed E-state index contributed by atoms with van der Waals surface area (Å²) in [6.45, 7) is 2.48. The molecule has 3 aromatic carbocycles. The summed E-state index contributed by atoms with van der Waals surface area (Å²) in [5.41, 5.74) is 3.06. The molecule has 0 aliphatic carbocycles. The molecule has 9 heteroatoms. The van der Waals surface area contributed by atoms with Gasteiger partial charge in [0, 0.05) is 56.3 Å². The van der Waals surface area contributed by atoms with Crippen LogP contribution in [-0.4, -0.2) is 73.2 Å². The highest BCUT2D eigenvalue weighted by Crippen LogP contribution is 2.45. The SMILES string of the molecule is CN(C)Cc1ccc(-c2ccc(C3(O)C4CN(C)CC3CN(C(=O)Nc3cc(F)cc(F)c3)C4)cc2)c(C#N)c1. The maximum atomic E-state index is 13.6. The van der Waals surface area contributed by atoms with Crippen LogP contribution in [0.5, 0.6) is 0 Å². The molecule has 3 aromatic rings. The molecule has 2 saturated heterocycles. The molecule has 2 bridgehead atoms. The molecule has 7 nitrogen and oxygen atoms in total. The Morgan fingerprint density at radius 3 is 2.23 bits per heavy atom. The minimum Gasteiger partial charge on any atom is -0.384 e. The van der Waals surface area contributed by atoms with Crippen LogP contribution in [-0.2, 0) is 12.1 Å². The van der Waals surface area contributed by atoms with Gasteiger partial charge in [-0.3, -0.25) is 0 Å². The Balaban J connectivity index is 1.37. The highest BCUT2D eigenvalue weighted by Gasteiger charge is 2.53. The van der Waals surface area contributed by atoms with E-state index in [0.717, 1.165) is 47.0 Å². The number of nitrogens with one attached hydrogen (secondary N) is 1. The first-order valence-electron chi connectivity index (χ1n) is 13.3. The molecule has 2 unspecified atom stereocenters. The highest BCUT2D eigenvalue weighted by molar-refractivity contribution is 5.89. The van der Waals surface area contributed by atoms with E-state index < -0.39 is 23.3 Å². The van der Waals surface area contributed by atoms with Crippen LogP contribution in [0.25, 0.3) is 11.1 Å². The minimum atomic E-state index is -1.15. The average molecular weight is 546 g/mol. The van der Waals surface area contributed by atoms with Crippen LogP contribution in [0.1, 0.15) is 16.7 Å². The topological polar surface area (TPSA) is 82.8 Å². The number of rotatable bonds is 5. The van der Waals surface area contributed by atoms with Crippen molar-refractivity contribution in [3.8, 4) is 17.2 Å². The van der Waals surface area contributed by atoms with Gasteiger partial charge < -0.3 is 25.1 Å². The van der Waals surface area contributed by atoms with E-state index in [4.69, 9.17) is 0 Å². The number of fused-ring (bicyclic) bond motifs is 2. The summed E-state index contributed by atoms with van der Waals surface area (Å²) in [7, 11) is 5.97. The number of likely N-dealkylation sites (tertiary alicyclic amines) is 2. The zero-order valence-corrected chi connectivity index (χ0v) is 22.9. The van der Waals surface area contributed by atoms with E-state index in [1.807, 2.05) is 63.6 Å². The summed E-state index contributed by atoms with van der Waals surface area (Å²) in [6.07, 6.45) is 0. The second kappa shape index (κ2) is 11.0. The number of piperidine rings is 2. The molecule has 40 heavy (non-hydrogen) atoms. The van der Waals surface area contributed by atoms with Gasteiger partial charge in [-0.05, 0) is 61.6 Å². The van der Waals surface area contributed by atoms with Crippen molar-refractivity contribution in [3.63, 3.8) is 0 Å². The Morgan fingerprint density at radius 1 is 1.02 bits per heavy atom. The molecule has 2 N–H and O–H groups in total. The zero-order valence-electron chi connectivity index (χ0n) is 22.9. The number of hydrogen-bond acceptors (Lipinski definition) is 5. The number of nitriles is 1. The number of halogens is 2. The molecule has 0 radical (unpaired) electrons. The van der Waals surface area contributed by atoms with Gasteiger partial charge in [0.1, 0.15) is 17.2 Å². The molecule has 2 aliphatic heterocycles. The minimum absolute atomic E-state index is 0.0488. The van der Waals surface area contributed by atoms with Gasteiger partial charge in [0.2, 0.25) is 0 Å². The summed E-state index contributed by atoms with van der Waals surface area (Å²) < 4.78 is 27.2. The maximum absolute atomic E-state index is 13.6. The Bertz CT molecular complexity index is 1420. The summed E-state index contributed by atoms with van der Waals surface area (Å²) in [4.78, 5) is 18.9. The van der Waals surface area contributed by atoms with Gasteiger partial charge in [-0.15, -0.1) is 0 Å². The molecule has 2 aliphatic rings. The quantitative estimate of drug-likeness (QED) is 0.494. The second-order valence-corrected chi connectivity index (χ2v) is 11.2. The van der Waals surface area contributed by atoms with Crippen molar-refractivity contribution < 1.29 is 18.7 Å². The number of urea groups is 1. The van der Waals surface area contributed by atoms with Gasteiger partial charge in [-0.1, -0.05) is 36.4 Å². The predicted octanol–water partition coefficient (Wildman–Crippen LogP) is 4.48. The van der Waals surface area contributed by atoms with E-state index in [2.05, 4.69) is 21.2 Å². The number of benzene rings is 3. The highest BCUT2D eigenvalue weighted by atomic mass is 19.1. The molecule has 2 fully saturated rings. The van der Waals surface area contributed by atoms with Crippen LogP contribution in [0.2, 0.25) is 0 Å². The fourth-order valence-corrected chi connectivity index (χ4v) is 6.22. The predicted molar refractivity (Wildman–Crippen MR) is 149 cm³/mol. The van der Waals surface area contributed by atoms with Crippen LogP contribution in [0.4, 0.5) is 19.3 Å². The molecule has 2 heterocycles. The molecule has 0 aromatic heterocycles. The van der Waals surface area contributed by atoms with E-state index in [-0.39, 0.29) is 30.6 Å². The lowest BCUT2D eigenvalue weighted by Crippen LogP contribution is -2.65. The number of carbonyl (C=O) groups is 1. The summed E-state index contributed by atoms with van der Waals surface area (Å²) in [5.74, 6) is -2.08. The summed E-state index contributed by atoms with van der Waals surface area (Å²) in [5, 5.41) is 24.5. The Labute approximate surface area is 233 Å². The molecule has 2 atom stereocenters. The van der Waals surface area contributed by atoms with Crippen LogP contribution >= 0.6 is 0 Å². The van der Waals surface area contributed by atoms with Gasteiger partial charge in [0.05, 0.1) is 11.6 Å². The second-order valence-electron chi connectivity index (χ2n) is 11.2. The van der Waals surface area contributed by atoms with Crippen molar-refractivity contribution in [3.05, 3.63) is 89.0 Å². The van der Waals surface area contributed by atoms with E-state index in [9.17, 15) is 23.9 Å². The third kappa shape index (κ3) is 5.43. The molecule has 5 rings (SSSR count). The molecule has 0 saturated carbocycles.